The minimum Gasteiger partial charge on any atom is -0.484 e. The second-order valence-electron chi connectivity index (χ2n) is 17.8. The van der Waals surface area contributed by atoms with E-state index in [1.165, 1.54) is 50.1 Å². The van der Waals surface area contributed by atoms with Crippen molar-refractivity contribution in [3.8, 4) is 62.1 Å². The molecule has 0 fully saturated rings. The molecule has 4 nitrogen and oxygen atoms in total. The lowest BCUT2D eigenvalue weighted by Gasteiger charge is -2.34. The molecule has 2 aliphatic heterocycles. The van der Waals surface area contributed by atoms with E-state index in [1.807, 2.05) is 0 Å². The van der Waals surface area contributed by atoms with Gasteiger partial charge in [0.1, 0.15) is 11.9 Å². The smallest absolute Gasteiger partial charge is 0.170 e. The van der Waals surface area contributed by atoms with Crippen LogP contribution >= 0.6 is 0 Å². The van der Waals surface area contributed by atoms with Crippen LogP contribution in [-0.4, -0.2) is 6.10 Å². The van der Waals surface area contributed by atoms with Crippen LogP contribution in [0.1, 0.15) is 46.6 Å². The molecule has 65 heavy (non-hydrogen) atoms. The van der Waals surface area contributed by atoms with Gasteiger partial charge in [-0.3, -0.25) is 0 Å². The molecular weight excluding hydrogens is 795 g/mol. The van der Waals surface area contributed by atoms with Gasteiger partial charge in [-0.15, -0.1) is 0 Å². The molecular formula is C61H41NO3. The van der Waals surface area contributed by atoms with Gasteiger partial charge in [0, 0.05) is 34.1 Å². The van der Waals surface area contributed by atoms with Crippen LogP contribution in [-0.2, 0) is 5.41 Å². The molecule has 0 amide bonds. The lowest BCUT2D eigenvalue weighted by Crippen LogP contribution is -2.27. The second kappa shape index (κ2) is 14.0. The SMILES string of the molecule is C1=CC2Oc3c(-c4ccc(N(c5ccccc5)c5cccc(-c6ccc7c(c6)Oc6cc8c(cc6O7)C6(C7=C8C=CCC7)c7ccccc7-c7ccccc76)c5)cc4)cccc3C2C=C1. The second-order valence-corrected chi connectivity index (χ2v) is 17.8. The lowest BCUT2D eigenvalue weighted by atomic mass is 9.68. The van der Waals surface area contributed by atoms with Gasteiger partial charge in [-0.1, -0.05) is 146 Å². The Morgan fingerprint density at radius 1 is 0.477 bits per heavy atom. The lowest BCUT2D eigenvalue weighted by molar-refractivity contribution is 0.270. The van der Waals surface area contributed by atoms with Crippen LogP contribution < -0.4 is 19.1 Å². The first kappa shape index (κ1) is 36.4. The average Bonchev–Trinajstić information content (AvgIpc) is 4.00. The van der Waals surface area contributed by atoms with Crippen LogP contribution in [0, 0.1) is 0 Å². The molecule has 308 valence electrons. The van der Waals surface area contributed by atoms with E-state index in [-0.39, 0.29) is 17.4 Å². The summed E-state index contributed by atoms with van der Waals surface area (Å²) in [4.78, 5) is 2.31. The van der Waals surface area contributed by atoms with E-state index < -0.39 is 0 Å². The summed E-state index contributed by atoms with van der Waals surface area (Å²) in [6, 6.07) is 63.4. The number of rotatable bonds is 5. The normalized spacial score (nSPS) is 18.0. The molecule has 0 radical (unpaired) electrons. The van der Waals surface area contributed by atoms with Crippen molar-refractivity contribution in [2.75, 3.05) is 4.90 Å². The van der Waals surface area contributed by atoms with E-state index in [1.54, 1.807) is 0 Å². The molecule has 4 aliphatic carbocycles. The summed E-state index contributed by atoms with van der Waals surface area (Å²) in [5, 5.41) is 0. The van der Waals surface area contributed by atoms with Crippen LogP contribution in [0.15, 0.2) is 218 Å². The molecule has 2 heterocycles. The van der Waals surface area contributed by atoms with Gasteiger partial charge in [0.25, 0.3) is 0 Å². The molecule has 2 unspecified atom stereocenters. The van der Waals surface area contributed by atoms with E-state index in [2.05, 4.69) is 217 Å². The predicted octanol–water partition coefficient (Wildman–Crippen LogP) is 15.8. The molecule has 8 aromatic carbocycles. The highest BCUT2D eigenvalue weighted by molar-refractivity contribution is 5.98. The Bertz CT molecular complexity index is 3380. The quantitative estimate of drug-likeness (QED) is 0.173. The highest BCUT2D eigenvalue weighted by Gasteiger charge is 2.53. The monoisotopic (exact) mass is 835 g/mol. The van der Waals surface area contributed by atoms with Crippen LogP contribution in [0.4, 0.5) is 17.1 Å². The number of hydrogen-bond acceptors (Lipinski definition) is 4. The van der Waals surface area contributed by atoms with Crippen LogP contribution in [0.2, 0.25) is 0 Å². The predicted molar refractivity (Wildman–Crippen MR) is 261 cm³/mol. The molecule has 4 heteroatoms. The Labute approximate surface area is 378 Å². The van der Waals surface area contributed by atoms with Crippen molar-refractivity contribution in [1.29, 1.82) is 0 Å². The van der Waals surface area contributed by atoms with Crippen LogP contribution in [0.5, 0.6) is 28.7 Å². The fraction of sp³-hybridized carbons (Fsp3) is 0.0820. The minimum absolute atomic E-state index is 0.0463. The van der Waals surface area contributed by atoms with Crippen molar-refractivity contribution in [1.82, 2.24) is 0 Å². The number of allylic oxidation sites excluding steroid dienone is 6. The van der Waals surface area contributed by atoms with Crippen molar-refractivity contribution >= 4 is 22.6 Å². The summed E-state index contributed by atoms with van der Waals surface area (Å²) in [5.41, 5.74) is 19.1. The summed E-state index contributed by atoms with van der Waals surface area (Å²) < 4.78 is 20.2. The fourth-order valence-corrected chi connectivity index (χ4v) is 11.6. The molecule has 0 aromatic heterocycles. The van der Waals surface area contributed by atoms with Gasteiger partial charge in [-0.2, -0.15) is 0 Å². The molecule has 8 aromatic rings. The minimum atomic E-state index is -0.364. The molecule has 6 aliphatic rings. The zero-order chi connectivity index (χ0) is 42.6. The van der Waals surface area contributed by atoms with Crippen molar-refractivity contribution in [2.45, 2.75) is 30.3 Å². The van der Waals surface area contributed by atoms with Gasteiger partial charge in [-0.25, -0.2) is 0 Å². The topological polar surface area (TPSA) is 30.9 Å². The van der Waals surface area contributed by atoms with E-state index in [0.717, 1.165) is 69.4 Å². The number of fused-ring (bicyclic) bond motifs is 14. The van der Waals surface area contributed by atoms with Crippen molar-refractivity contribution in [3.05, 3.63) is 246 Å². The molecule has 0 saturated heterocycles. The molecule has 0 bridgehead atoms. The summed E-state index contributed by atoms with van der Waals surface area (Å²) in [6.07, 6.45) is 15.3. The maximum Gasteiger partial charge on any atom is 0.170 e. The first-order valence-electron chi connectivity index (χ1n) is 22.7. The van der Waals surface area contributed by atoms with Crippen molar-refractivity contribution in [2.24, 2.45) is 0 Å². The summed E-state index contributed by atoms with van der Waals surface area (Å²) in [6.45, 7) is 0. The maximum atomic E-state index is 6.86. The largest absolute Gasteiger partial charge is 0.484 e. The third kappa shape index (κ3) is 5.31. The summed E-state index contributed by atoms with van der Waals surface area (Å²) in [7, 11) is 0. The fourth-order valence-electron chi connectivity index (χ4n) is 11.6. The van der Waals surface area contributed by atoms with E-state index >= 15 is 0 Å². The number of benzene rings is 8. The molecule has 14 rings (SSSR count). The Balaban J connectivity index is 0.807. The third-order valence-electron chi connectivity index (χ3n) is 14.4. The standard InChI is InChI=1S/C61H41NO3/c1-2-15-41(16-3-1)62(42-31-28-38(29-32-42)44-22-13-23-49-48-21-7-11-27-55(48)65-60(44)49)43-17-12-14-39(34-43)40-30-33-56-57(35-40)64-58-36-50-47-20-6-10-26-53(47)61(54(50)37-59(58)63-56)51-24-8-4-18-45(51)46-19-5-9-25-52(46)61/h1-9,11-25,27-37,48,55H,10,26H2. The number of ether oxygens (including phenoxy) is 3. The highest BCUT2D eigenvalue weighted by atomic mass is 16.6. The summed E-state index contributed by atoms with van der Waals surface area (Å²) >= 11 is 0. The van der Waals surface area contributed by atoms with E-state index in [0.29, 0.717) is 11.5 Å². The number of anilines is 3. The van der Waals surface area contributed by atoms with Gasteiger partial charge in [-0.05, 0) is 141 Å². The number of hydrogen-bond donors (Lipinski definition) is 0. The zero-order valence-corrected chi connectivity index (χ0v) is 35.4. The van der Waals surface area contributed by atoms with Crippen LogP contribution in [0.3, 0.4) is 0 Å². The first-order valence-corrected chi connectivity index (χ1v) is 22.7. The van der Waals surface area contributed by atoms with Gasteiger partial charge in [0.15, 0.2) is 23.0 Å². The average molecular weight is 836 g/mol. The molecule has 0 N–H and O–H groups in total. The maximum absolute atomic E-state index is 6.86. The Hall–Kier alpha value is -8.08. The Morgan fingerprint density at radius 2 is 1.14 bits per heavy atom. The summed E-state index contributed by atoms with van der Waals surface area (Å²) in [5.74, 6) is 4.13. The molecule has 2 atom stereocenters. The van der Waals surface area contributed by atoms with Gasteiger partial charge >= 0.3 is 0 Å². The number of nitrogens with zero attached hydrogens (tertiary/aromatic N) is 1. The van der Waals surface area contributed by atoms with Crippen LogP contribution in [0.25, 0.3) is 39.0 Å². The Kier molecular flexibility index (Phi) is 7.82. The number of para-hydroxylation sites is 2. The first-order chi connectivity index (χ1) is 32.2. The molecule has 1 spiro atoms. The van der Waals surface area contributed by atoms with E-state index in [9.17, 15) is 0 Å². The zero-order valence-electron chi connectivity index (χ0n) is 35.4. The van der Waals surface area contributed by atoms with Crippen molar-refractivity contribution in [3.63, 3.8) is 0 Å². The highest BCUT2D eigenvalue weighted by Crippen LogP contribution is 2.65. The van der Waals surface area contributed by atoms with Gasteiger partial charge in [0.2, 0.25) is 0 Å². The van der Waals surface area contributed by atoms with E-state index in [4.69, 9.17) is 14.2 Å². The van der Waals surface area contributed by atoms with Gasteiger partial charge < -0.3 is 19.1 Å². The molecule has 0 saturated carbocycles. The third-order valence-corrected chi connectivity index (χ3v) is 14.4. The Morgan fingerprint density at radius 3 is 1.98 bits per heavy atom. The van der Waals surface area contributed by atoms with Crippen molar-refractivity contribution < 1.29 is 14.2 Å². The van der Waals surface area contributed by atoms with Gasteiger partial charge in [0.05, 0.1) is 5.41 Å².